The number of aliphatic hydroxyl groups is 1. The van der Waals surface area contributed by atoms with Crippen LogP contribution in [0.2, 0.25) is 0 Å². The molecule has 2 amide bonds. The van der Waals surface area contributed by atoms with E-state index in [0.29, 0.717) is 4.90 Å². The van der Waals surface area contributed by atoms with Gasteiger partial charge < -0.3 is 20.6 Å². The lowest BCUT2D eigenvalue weighted by atomic mass is 10.1. The lowest BCUT2D eigenvalue weighted by Gasteiger charge is -2.27. The van der Waals surface area contributed by atoms with Crippen LogP contribution < -0.4 is 5.32 Å². The summed E-state index contributed by atoms with van der Waals surface area (Å²) in [4.78, 5) is 45.8. The maximum absolute atomic E-state index is 12.1. The predicted molar refractivity (Wildman–Crippen MR) is 63.6 cm³/mol. The first kappa shape index (κ1) is 16.1. The molecule has 0 aliphatic carbocycles. The molecule has 20 heavy (non-hydrogen) atoms. The van der Waals surface area contributed by atoms with E-state index in [4.69, 9.17) is 10.2 Å². The summed E-state index contributed by atoms with van der Waals surface area (Å²) in [7, 11) is 0. The van der Waals surface area contributed by atoms with Crippen LogP contribution in [0.3, 0.4) is 0 Å². The molecule has 3 unspecified atom stereocenters. The van der Waals surface area contributed by atoms with Crippen LogP contribution in [0.4, 0.5) is 0 Å². The number of aliphatic carboxylic acids is 2. The molecular weight excluding hydrogens is 272 g/mol. The number of carboxylic acid groups (broad SMARTS) is 2. The molecule has 1 heterocycles. The molecule has 0 radical (unpaired) electrons. The predicted octanol–water partition coefficient (Wildman–Crippen LogP) is -1.99. The standard InChI is InChI=1S/C11H16N2O7/c1-5(14)13(8(11(19)20)3-9(16)17)10(18)7-2-6(15)4-12-7/h6-8,12,15H,2-4H2,1H3,(H,16,17)(H,19,20). The Kier molecular flexibility index (Phi) is 5.17. The fraction of sp³-hybridized carbons (Fsp3) is 0.636. The van der Waals surface area contributed by atoms with Gasteiger partial charge in [-0.05, 0) is 6.42 Å². The zero-order chi connectivity index (χ0) is 15.4. The van der Waals surface area contributed by atoms with Gasteiger partial charge in [-0.3, -0.25) is 19.3 Å². The molecule has 1 aliphatic rings. The summed E-state index contributed by atoms with van der Waals surface area (Å²) in [6.07, 6.45) is -1.60. The number of rotatable bonds is 5. The zero-order valence-corrected chi connectivity index (χ0v) is 10.8. The third-order valence-corrected chi connectivity index (χ3v) is 2.95. The first-order valence-corrected chi connectivity index (χ1v) is 5.93. The van der Waals surface area contributed by atoms with E-state index in [0.717, 1.165) is 6.92 Å². The quantitative estimate of drug-likeness (QED) is 0.455. The summed E-state index contributed by atoms with van der Waals surface area (Å²) >= 11 is 0. The van der Waals surface area contributed by atoms with Gasteiger partial charge in [0.15, 0.2) is 0 Å². The summed E-state index contributed by atoms with van der Waals surface area (Å²) in [5, 5.41) is 29.7. The van der Waals surface area contributed by atoms with Crippen molar-refractivity contribution in [1.82, 2.24) is 10.2 Å². The topological polar surface area (TPSA) is 144 Å². The van der Waals surface area contributed by atoms with Crippen LogP contribution in [-0.2, 0) is 19.2 Å². The Balaban J connectivity index is 2.96. The Morgan fingerprint density at radius 1 is 1.30 bits per heavy atom. The van der Waals surface area contributed by atoms with Crippen molar-refractivity contribution >= 4 is 23.8 Å². The van der Waals surface area contributed by atoms with E-state index in [1.807, 2.05) is 0 Å². The van der Waals surface area contributed by atoms with E-state index in [9.17, 15) is 24.3 Å². The number of carbonyl (C=O) groups excluding carboxylic acids is 2. The number of imide groups is 1. The fourth-order valence-corrected chi connectivity index (χ4v) is 2.06. The molecule has 3 atom stereocenters. The first-order chi connectivity index (χ1) is 9.23. The number of β-amino-alcohol motifs (C(OH)–C–C–N with tert-alkyl or cyclic N) is 1. The van der Waals surface area contributed by atoms with Crippen molar-refractivity contribution in [3.05, 3.63) is 0 Å². The third kappa shape index (κ3) is 3.75. The highest BCUT2D eigenvalue weighted by Crippen LogP contribution is 2.14. The van der Waals surface area contributed by atoms with Gasteiger partial charge in [0, 0.05) is 13.5 Å². The van der Waals surface area contributed by atoms with Gasteiger partial charge in [-0.25, -0.2) is 4.79 Å². The molecule has 0 bridgehead atoms. The maximum atomic E-state index is 12.1. The second-order valence-electron chi connectivity index (χ2n) is 4.53. The van der Waals surface area contributed by atoms with Gasteiger partial charge in [-0.15, -0.1) is 0 Å². The van der Waals surface area contributed by atoms with Gasteiger partial charge in [-0.2, -0.15) is 0 Å². The van der Waals surface area contributed by atoms with E-state index in [-0.39, 0.29) is 13.0 Å². The number of carbonyl (C=O) groups is 4. The van der Waals surface area contributed by atoms with E-state index in [2.05, 4.69) is 5.32 Å². The Morgan fingerprint density at radius 3 is 2.25 bits per heavy atom. The number of hydrogen-bond donors (Lipinski definition) is 4. The fourth-order valence-electron chi connectivity index (χ4n) is 2.06. The second kappa shape index (κ2) is 6.44. The molecule has 0 aromatic heterocycles. The lowest BCUT2D eigenvalue weighted by Crippen LogP contribution is -2.54. The Bertz CT molecular complexity index is 436. The highest BCUT2D eigenvalue weighted by Gasteiger charge is 2.40. The lowest BCUT2D eigenvalue weighted by molar-refractivity contribution is -0.160. The highest BCUT2D eigenvalue weighted by atomic mass is 16.4. The normalized spacial score (nSPS) is 23.1. The van der Waals surface area contributed by atoms with Crippen molar-refractivity contribution < 1.29 is 34.5 Å². The largest absolute Gasteiger partial charge is 0.481 e. The molecule has 1 rings (SSSR count). The van der Waals surface area contributed by atoms with Crippen LogP contribution in [0.1, 0.15) is 19.8 Å². The molecule has 1 saturated heterocycles. The van der Waals surface area contributed by atoms with E-state index in [1.165, 1.54) is 0 Å². The number of nitrogens with one attached hydrogen (secondary N) is 1. The zero-order valence-electron chi connectivity index (χ0n) is 10.8. The highest BCUT2D eigenvalue weighted by molar-refractivity contribution is 6.01. The molecule has 0 aromatic carbocycles. The summed E-state index contributed by atoms with van der Waals surface area (Å²) in [5.74, 6) is -4.71. The van der Waals surface area contributed by atoms with Gasteiger partial charge >= 0.3 is 11.9 Å². The molecule has 1 aliphatic heterocycles. The van der Waals surface area contributed by atoms with E-state index in [1.54, 1.807) is 0 Å². The Labute approximate surface area is 114 Å². The van der Waals surface area contributed by atoms with Crippen LogP contribution in [0.25, 0.3) is 0 Å². The van der Waals surface area contributed by atoms with Crippen LogP contribution in [0, 0.1) is 0 Å². The van der Waals surface area contributed by atoms with Crippen molar-refractivity contribution in [2.75, 3.05) is 6.54 Å². The number of amides is 2. The van der Waals surface area contributed by atoms with Crippen molar-refractivity contribution in [2.45, 2.75) is 38.0 Å². The van der Waals surface area contributed by atoms with Gasteiger partial charge in [0.05, 0.1) is 18.6 Å². The minimum absolute atomic E-state index is 0.0437. The first-order valence-electron chi connectivity index (χ1n) is 5.93. The van der Waals surface area contributed by atoms with Crippen molar-refractivity contribution in [3.8, 4) is 0 Å². The number of nitrogens with zero attached hydrogens (tertiary/aromatic N) is 1. The molecule has 9 nitrogen and oxygen atoms in total. The number of carboxylic acids is 2. The van der Waals surface area contributed by atoms with Crippen molar-refractivity contribution in [2.24, 2.45) is 0 Å². The SMILES string of the molecule is CC(=O)N(C(=O)C1CC(O)CN1)C(CC(=O)O)C(=O)O. The smallest absolute Gasteiger partial charge is 0.327 e. The van der Waals surface area contributed by atoms with Crippen LogP contribution in [0.5, 0.6) is 0 Å². The van der Waals surface area contributed by atoms with E-state index < -0.39 is 48.4 Å². The van der Waals surface area contributed by atoms with Gasteiger partial charge in [0.1, 0.15) is 6.04 Å². The van der Waals surface area contributed by atoms with Gasteiger partial charge in [0.25, 0.3) is 0 Å². The Hall–Kier alpha value is -2.00. The van der Waals surface area contributed by atoms with Gasteiger partial charge in [-0.1, -0.05) is 0 Å². The summed E-state index contributed by atoms with van der Waals surface area (Å²) in [5.41, 5.74) is 0. The third-order valence-electron chi connectivity index (χ3n) is 2.95. The molecular formula is C11H16N2O7. The van der Waals surface area contributed by atoms with E-state index >= 15 is 0 Å². The Morgan fingerprint density at radius 2 is 1.90 bits per heavy atom. The van der Waals surface area contributed by atoms with Gasteiger partial charge in [0.2, 0.25) is 11.8 Å². The summed E-state index contributed by atoms with van der Waals surface area (Å²) < 4.78 is 0. The maximum Gasteiger partial charge on any atom is 0.327 e. The minimum Gasteiger partial charge on any atom is -0.481 e. The molecule has 0 saturated carbocycles. The van der Waals surface area contributed by atoms with Crippen LogP contribution in [0.15, 0.2) is 0 Å². The summed E-state index contributed by atoms with van der Waals surface area (Å²) in [6.45, 7) is 1.14. The molecule has 0 aromatic rings. The number of aliphatic hydroxyl groups excluding tert-OH is 1. The monoisotopic (exact) mass is 288 g/mol. The van der Waals surface area contributed by atoms with Crippen LogP contribution in [-0.4, -0.2) is 68.7 Å². The molecule has 1 fully saturated rings. The van der Waals surface area contributed by atoms with Crippen LogP contribution >= 0.6 is 0 Å². The molecule has 0 spiro atoms. The molecule has 112 valence electrons. The average Bonchev–Trinajstić information content (AvgIpc) is 2.73. The van der Waals surface area contributed by atoms with Crippen molar-refractivity contribution in [1.29, 1.82) is 0 Å². The molecule has 9 heteroatoms. The summed E-state index contributed by atoms with van der Waals surface area (Å²) in [6, 6.07) is -2.67. The van der Waals surface area contributed by atoms with Crippen molar-refractivity contribution in [3.63, 3.8) is 0 Å². The average molecular weight is 288 g/mol. The molecule has 4 N–H and O–H groups in total. The second-order valence-corrected chi connectivity index (χ2v) is 4.53. The number of hydrogen-bond acceptors (Lipinski definition) is 6. The minimum atomic E-state index is -1.77.